The van der Waals surface area contributed by atoms with Gasteiger partial charge in [0.15, 0.2) is 5.96 Å². The number of hydrogen-bond acceptors (Lipinski definition) is 3. The second-order valence-electron chi connectivity index (χ2n) is 8.47. The fraction of sp³-hybridized carbons (Fsp3) is 0.259. The molecule has 2 N–H and O–H groups in total. The second kappa shape index (κ2) is 10.4. The number of carboxylic acid groups (broad SMARTS) is 1. The summed E-state index contributed by atoms with van der Waals surface area (Å²) in [5.41, 5.74) is 5.76. The Balaban J connectivity index is 1.51. The van der Waals surface area contributed by atoms with E-state index in [2.05, 4.69) is 47.2 Å². The van der Waals surface area contributed by atoms with Crippen LogP contribution in [0.25, 0.3) is 0 Å². The lowest BCUT2D eigenvalue weighted by Crippen LogP contribution is -2.51. The summed E-state index contributed by atoms with van der Waals surface area (Å²) in [6, 6.07) is 19.4. The molecule has 1 aliphatic rings. The predicted molar refractivity (Wildman–Crippen MR) is 134 cm³/mol. The van der Waals surface area contributed by atoms with E-state index in [0.29, 0.717) is 12.5 Å². The molecule has 0 radical (unpaired) electrons. The Labute approximate surface area is 199 Å². The van der Waals surface area contributed by atoms with Gasteiger partial charge in [0.05, 0.1) is 12.1 Å². The number of aryl methyl sites for hydroxylation is 1. The van der Waals surface area contributed by atoms with Crippen molar-refractivity contribution in [2.75, 3.05) is 36.4 Å². The molecule has 1 aliphatic heterocycles. The van der Waals surface area contributed by atoms with Gasteiger partial charge < -0.3 is 20.2 Å². The van der Waals surface area contributed by atoms with Gasteiger partial charge in [-0.2, -0.15) is 0 Å². The van der Waals surface area contributed by atoms with Crippen LogP contribution in [-0.4, -0.2) is 48.1 Å². The average Bonchev–Trinajstić information content (AvgIpc) is 2.85. The Kier molecular flexibility index (Phi) is 7.11. The maximum absolute atomic E-state index is 13.3. The zero-order valence-electron chi connectivity index (χ0n) is 19.5. The molecule has 6 nitrogen and oxygen atoms in total. The molecule has 4 rings (SSSR count). The number of piperazine rings is 1. The van der Waals surface area contributed by atoms with Crippen molar-refractivity contribution in [1.29, 1.82) is 0 Å². The topological polar surface area (TPSA) is 68.2 Å². The number of nitrogens with one attached hydrogen (secondary N) is 1. The van der Waals surface area contributed by atoms with E-state index in [-0.39, 0.29) is 11.4 Å². The van der Waals surface area contributed by atoms with Crippen LogP contribution in [0.15, 0.2) is 71.7 Å². The summed E-state index contributed by atoms with van der Waals surface area (Å²) in [6.07, 6.45) is 0. The largest absolute Gasteiger partial charge is 0.478 e. The molecule has 0 unspecified atom stereocenters. The summed E-state index contributed by atoms with van der Waals surface area (Å²) in [4.78, 5) is 20.6. The van der Waals surface area contributed by atoms with Crippen molar-refractivity contribution in [2.45, 2.75) is 20.4 Å². The minimum absolute atomic E-state index is 0.234. The molecule has 34 heavy (non-hydrogen) atoms. The first kappa shape index (κ1) is 23.3. The van der Waals surface area contributed by atoms with Crippen molar-refractivity contribution in [2.24, 2.45) is 4.99 Å². The van der Waals surface area contributed by atoms with Crippen molar-refractivity contribution in [3.8, 4) is 0 Å². The van der Waals surface area contributed by atoms with E-state index in [9.17, 15) is 9.18 Å². The first-order valence-electron chi connectivity index (χ1n) is 11.4. The minimum atomic E-state index is -0.959. The lowest BCUT2D eigenvalue weighted by atomic mass is 10.1. The molecule has 3 aromatic rings. The molecular weight excluding hydrogens is 431 g/mol. The summed E-state index contributed by atoms with van der Waals surface area (Å²) in [5.74, 6) is -0.514. The Morgan fingerprint density at radius 1 is 0.971 bits per heavy atom. The number of guanidine groups is 1. The molecule has 1 saturated heterocycles. The molecule has 0 spiro atoms. The molecule has 1 heterocycles. The lowest BCUT2D eigenvalue weighted by Gasteiger charge is -2.38. The van der Waals surface area contributed by atoms with Gasteiger partial charge in [-0.1, -0.05) is 24.3 Å². The van der Waals surface area contributed by atoms with Crippen molar-refractivity contribution in [1.82, 2.24) is 4.90 Å². The Hall–Kier alpha value is -3.87. The number of rotatable bonds is 5. The molecule has 0 amide bonds. The van der Waals surface area contributed by atoms with Crippen molar-refractivity contribution < 1.29 is 14.3 Å². The molecule has 0 saturated carbocycles. The molecule has 7 heteroatoms. The van der Waals surface area contributed by atoms with E-state index >= 15 is 0 Å². The fourth-order valence-corrected chi connectivity index (χ4v) is 4.04. The van der Waals surface area contributed by atoms with Gasteiger partial charge in [0.25, 0.3) is 0 Å². The van der Waals surface area contributed by atoms with E-state index < -0.39 is 5.97 Å². The maximum atomic E-state index is 13.3. The van der Waals surface area contributed by atoms with Crippen LogP contribution in [0.2, 0.25) is 0 Å². The first-order valence-corrected chi connectivity index (χ1v) is 11.4. The molecule has 0 aliphatic carbocycles. The number of benzene rings is 3. The van der Waals surface area contributed by atoms with Gasteiger partial charge in [-0.3, -0.25) is 0 Å². The second-order valence-corrected chi connectivity index (χ2v) is 8.47. The molecule has 0 aromatic heterocycles. The highest BCUT2D eigenvalue weighted by Crippen LogP contribution is 2.24. The van der Waals surface area contributed by atoms with E-state index in [1.165, 1.54) is 28.9 Å². The summed E-state index contributed by atoms with van der Waals surface area (Å²) < 4.78 is 13.3. The zero-order chi connectivity index (χ0) is 24.1. The van der Waals surface area contributed by atoms with Crippen LogP contribution in [0.1, 0.15) is 27.0 Å². The Morgan fingerprint density at radius 3 is 2.29 bits per heavy atom. The molecule has 0 bridgehead atoms. The highest BCUT2D eigenvalue weighted by atomic mass is 19.1. The SMILES string of the molecule is Cc1cccc(N2CCN(C(=NCc3ccc(F)cc3)Nc3ccc(C(=O)O)cc3)CC2)c1C. The van der Waals surface area contributed by atoms with Crippen LogP contribution in [0, 0.1) is 19.7 Å². The van der Waals surface area contributed by atoms with E-state index in [1.54, 1.807) is 36.4 Å². The molecule has 1 fully saturated rings. The average molecular weight is 461 g/mol. The zero-order valence-corrected chi connectivity index (χ0v) is 19.5. The van der Waals surface area contributed by atoms with Crippen molar-refractivity contribution in [3.63, 3.8) is 0 Å². The molecule has 176 valence electrons. The first-order chi connectivity index (χ1) is 16.4. The normalized spacial score (nSPS) is 14.3. The third-order valence-electron chi connectivity index (χ3n) is 6.21. The fourth-order valence-electron chi connectivity index (χ4n) is 4.04. The van der Waals surface area contributed by atoms with Gasteiger partial charge in [0, 0.05) is 37.6 Å². The van der Waals surface area contributed by atoms with E-state index in [4.69, 9.17) is 10.1 Å². The lowest BCUT2D eigenvalue weighted by molar-refractivity contribution is 0.0697. The highest BCUT2D eigenvalue weighted by Gasteiger charge is 2.21. The number of hydrogen-bond donors (Lipinski definition) is 2. The van der Waals surface area contributed by atoms with Crippen LogP contribution in [-0.2, 0) is 6.54 Å². The van der Waals surface area contributed by atoms with Crippen LogP contribution < -0.4 is 10.2 Å². The molecule has 0 atom stereocenters. The number of aliphatic imine (C=N–C) groups is 1. The monoisotopic (exact) mass is 460 g/mol. The highest BCUT2D eigenvalue weighted by molar-refractivity contribution is 5.95. The summed E-state index contributed by atoms with van der Waals surface area (Å²) >= 11 is 0. The van der Waals surface area contributed by atoms with Crippen LogP contribution in [0.4, 0.5) is 15.8 Å². The van der Waals surface area contributed by atoms with Gasteiger partial charge in [-0.25, -0.2) is 14.2 Å². The van der Waals surface area contributed by atoms with Gasteiger partial charge >= 0.3 is 5.97 Å². The summed E-state index contributed by atoms with van der Waals surface area (Å²) in [6.45, 7) is 8.00. The Bertz CT molecular complexity index is 1170. The number of anilines is 2. The van der Waals surface area contributed by atoms with E-state index in [0.717, 1.165) is 37.4 Å². The van der Waals surface area contributed by atoms with Gasteiger partial charge in [0.1, 0.15) is 5.82 Å². The minimum Gasteiger partial charge on any atom is -0.478 e. The summed E-state index contributed by atoms with van der Waals surface area (Å²) in [7, 11) is 0. The third-order valence-corrected chi connectivity index (χ3v) is 6.21. The van der Waals surface area contributed by atoms with Crippen LogP contribution in [0.5, 0.6) is 0 Å². The molecular formula is C27H29FN4O2. The smallest absolute Gasteiger partial charge is 0.335 e. The van der Waals surface area contributed by atoms with Gasteiger partial charge in [0.2, 0.25) is 0 Å². The van der Waals surface area contributed by atoms with Gasteiger partial charge in [-0.15, -0.1) is 0 Å². The van der Waals surface area contributed by atoms with Gasteiger partial charge in [-0.05, 0) is 73.0 Å². The number of aromatic carboxylic acids is 1. The predicted octanol–water partition coefficient (Wildman–Crippen LogP) is 4.93. The third kappa shape index (κ3) is 5.54. The number of carboxylic acids is 1. The maximum Gasteiger partial charge on any atom is 0.335 e. The quantitative estimate of drug-likeness (QED) is 0.417. The number of halogens is 1. The van der Waals surface area contributed by atoms with E-state index in [1.807, 2.05) is 0 Å². The van der Waals surface area contributed by atoms with Crippen molar-refractivity contribution in [3.05, 3.63) is 94.8 Å². The number of nitrogens with zero attached hydrogens (tertiary/aromatic N) is 3. The summed E-state index contributed by atoms with van der Waals surface area (Å²) in [5, 5.41) is 12.5. The van der Waals surface area contributed by atoms with Crippen LogP contribution in [0.3, 0.4) is 0 Å². The standard InChI is InChI=1S/C27H29FN4O2/c1-19-4-3-5-25(20(19)2)31-14-16-32(17-15-31)27(29-18-21-6-10-23(28)11-7-21)30-24-12-8-22(9-13-24)26(33)34/h3-13H,14-18H2,1-2H3,(H,29,30)(H,33,34). The molecule has 3 aromatic carbocycles. The van der Waals surface area contributed by atoms with Crippen LogP contribution >= 0.6 is 0 Å². The Morgan fingerprint density at radius 2 is 1.65 bits per heavy atom. The number of carbonyl (C=O) groups is 1. The van der Waals surface area contributed by atoms with Crippen molar-refractivity contribution >= 4 is 23.3 Å².